The van der Waals surface area contributed by atoms with Gasteiger partial charge >= 0.3 is 0 Å². The van der Waals surface area contributed by atoms with E-state index in [-0.39, 0.29) is 34.3 Å². The van der Waals surface area contributed by atoms with Gasteiger partial charge in [0.1, 0.15) is 0 Å². The van der Waals surface area contributed by atoms with Crippen LogP contribution in [-0.2, 0) is 14.4 Å². The van der Waals surface area contributed by atoms with Crippen molar-refractivity contribution in [3.63, 3.8) is 0 Å². The van der Waals surface area contributed by atoms with Crippen LogP contribution >= 0.6 is 0 Å². The highest BCUT2D eigenvalue weighted by atomic mass is 16.2. The summed E-state index contributed by atoms with van der Waals surface area (Å²) in [6, 6.07) is 9.71. The minimum Gasteiger partial charge on any atom is -0.354 e. The van der Waals surface area contributed by atoms with E-state index in [0.29, 0.717) is 30.8 Å². The number of hydrogen-bond donors (Lipinski definition) is 2. The Morgan fingerprint density at radius 1 is 1.00 bits per heavy atom. The molecule has 0 bridgehead atoms. The minimum atomic E-state index is -0.156. The maximum atomic E-state index is 13.3. The van der Waals surface area contributed by atoms with Gasteiger partial charge in [-0.05, 0) is 85.5 Å². The number of carbonyl (C=O) groups is 3. The largest absolute Gasteiger partial charge is 0.354 e. The van der Waals surface area contributed by atoms with Crippen LogP contribution in [0.5, 0.6) is 0 Å². The van der Waals surface area contributed by atoms with Gasteiger partial charge in [0, 0.05) is 30.5 Å². The number of rotatable bonds is 6. The van der Waals surface area contributed by atoms with Crippen molar-refractivity contribution in [2.45, 2.75) is 52.4 Å². The highest BCUT2D eigenvalue weighted by Gasteiger charge is 2.59. The summed E-state index contributed by atoms with van der Waals surface area (Å²) in [5.41, 5.74) is 2.31. The van der Waals surface area contributed by atoms with Gasteiger partial charge in [-0.3, -0.25) is 14.4 Å². The molecule has 0 spiro atoms. The number of hydrogen-bond acceptors (Lipinski definition) is 3. The molecule has 2 amide bonds. The van der Waals surface area contributed by atoms with E-state index in [1.54, 1.807) is 12.2 Å². The molecule has 6 atom stereocenters. The third kappa shape index (κ3) is 4.49. The predicted molar refractivity (Wildman–Crippen MR) is 142 cm³/mol. The zero-order valence-electron chi connectivity index (χ0n) is 21.5. The molecule has 3 fully saturated rings. The zero-order chi connectivity index (χ0) is 25.3. The monoisotopic (exact) mass is 486 g/mol. The van der Waals surface area contributed by atoms with Crippen LogP contribution in [0.4, 0.5) is 0 Å². The zero-order valence-corrected chi connectivity index (χ0v) is 21.5. The lowest BCUT2D eigenvalue weighted by Crippen LogP contribution is -2.51. The van der Waals surface area contributed by atoms with Crippen LogP contribution in [0.1, 0.15) is 57.9 Å². The van der Waals surface area contributed by atoms with Gasteiger partial charge in [-0.25, -0.2) is 0 Å². The molecule has 5 rings (SSSR count). The van der Waals surface area contributed by atoms with Crippen molar-refractivity contribution < 1.29 is 14.4 Å². The van der Waals surface area contributed by atoms with E-state index in [1.165, 1.54) is 11.6 Å². The Labute approximate surface area is 214 Å². The standard InChI is InChI=1S/C31H38N2O3/c1-30-16-14-23(34)20-22(30)9-10-24-25-11-12-27(31(25,2)17-15-26(24)30)29(36)33-19-18-32-28(35)13-8-21-6-4-3-5-7-21/h3-8,13-14,16,20,24-27H,9-12,15,17-19H2,1-2H3,(H,32,35)(H,33,36)/b13-8+/t24-,25-,26-,27+,30-,31-/m0/s1. The molecule has 36 heavy (non-hydrogen) atoms. The second kappa shape index (κ2) is 9.84. The number of nitrogens with one attached hydrogen (secondary N) is 2. The summed E-state index contributed by atoms with van der Waals surface area (Å²) in [4.78, 5) is 37.3. The first-order valence-corrected chi connectivity index (χ1v) is 13.5. The van der Waals surface area contributed by atoms with Crippen molar-refractivity contribution in [2.24, 2.45) is 34.5 Å². The Morgan fingerprint density at radius 3 is 2.58 bits per heavy atom. The van der Waals surface area contributed by atoms with Crippen LogP contribution in [0.2, 0.25) is 0 Å². The first kappa shape index (κ1) is 24.7. The fraction of sp³-hybridized carbons (Fsp3) is 0.516. The summed E-state index contributed by atoms with van der Waals surface area (Å²) < 4.78 is 0. The van der Waals surface area contributed by atoms with Crippen LogP contribution in [0.25, 0.3) is 6.08 Å². The van der Waals surface area contributed by atoms with Gasteiger partial charge in [-0.1, -0.05) is 55.8 Å². The Bertz CT molecular complexity index is 1120. The fourth-order valence-corrected chi connectivity index (χ4v) is 7.92. The van der Waals surface area contributed by atoms with Crippen LogP contribution in [0.3, 0.4) is 0 Å². The number of allylic oxidation sites excluding steroid dienone is 4. The summed E-state index contributed by atoms with van der Waals surface area (Å²) >= 11 is 0. The highest BCUT2D eigenvalue weighted by molar-refractivity contribution is 6.01. The SMILES string of the molecule is C[C@]12CC[C@H]3[C@@H](CCC4=CC(=O)C=C[C@@]43C)[C@@H]1CC[C@@H]2C(=O)NCCNC(=O)/C=C/c1ccccc1. The Morgan fingerprint density at radius 2 is 1.78 bits per heavy atom. The van der Waals surface area contributed by atoms with E-state index in [0.717, 1.165) is 44.1 Å². The van der Waals surface area contributed by atoms with Gasteiger partial charge in [0.05, 0.1) is 0 Å². The van der Waals surface area contributed by atoms with E-state index < -0.39 is 0 Å². The molecule has 0 radical (unpaired) electrons. The third-order valence-electron chi connectivity index (χ3n) is 9.82. The molecule has 2 N–H and O–H groups in total. The summed E-state index contributed by atoms with van der Waals surface area (Å²) in [7, 11) is 0. The predicted octanol–water partition coefficient (Wildman–Crippen LogP) is 4.86. The van der Waals surface area contributed by atoms with Gasteiger partial charge in [-0.15, -0.1) is 0 Å². The molecule has 0 unspecified atom stereocenters. The molecule has 5 heteroatoms. The topological polar surface area (TPSA) is 75.3 Å². The number of carbonyl (C=O) groups excluding carboxylic acids is 3. The molecule has 4 aliphatic carbocycles. The molecule has 1 aromatic rings. The molecular formula is C31H38N2O3. The molecule has 0 heterocycles. The van der Waals surface area contributed by atoms with E-state index in [2.05, 4.69) is 30.6 Å². The normalized spacial score (nSPS) is 34.9. The van der Waals surface area contributed by atoms with Crippen molar-refractivity contribution in [2.75, 3.05) is 13.1 Å². The minimum absolute atomic E-state index is 0.00827. The maximum absolute atomic E-state index is 13.3. The molecule has 1 aromatic carbocycles. The molecular weight excluding hydrogens is 448 g/mol. The summed E-state index contributed by atoms with van der Waals surface area (Å²) in [6.45, 7) is 5.52. The molecule has 190 valence electrons. The maximum Gasteiger partial charge on any atom is 0.244 e. The van der Waals surface area contributed by atoms with Crippen molar-refractivity contribution in [3.8, 4) is 0 Å². The number of fused-ring (bicyclic) bond motifs is 5. The van der Waals surface area contributed by atoms with E-state index in [4.69, 9.17) is 0 Å². The number of benzene rings is 1. The molecule has 3 saturated carbocycles. The van der Waals surface area contributed by atoms with Crippen molar-refractivity contribution in [1.29, 1.82) is 0 Å². The fourth-order valence-electron chi connectivity index (χ4n) is 7.92. The highest BCUT2D eigenvalue weighted by Crippen LogP contribution is 2.65. The van der Waals surface area contributed by atoms with Crippen LogP contribution < -0.4 is 10.6 Å². The summed E-state index contributed by atoms with van der Waals surface area (Å²) in [5, 5.41) is 5.97. The first-order chi connectivity index (χ1) is 17.3. The Balaban J connectivity index is 1.15. The molecule has 0 aliphatic heterocycles. The van der Waals surface area contributed by atoms with Gasteiger partial charge in [-0.2, -0.15) is 0 Å². The molecule has 0 saturated heterocycles. The van der Waals surface area contributed by atoms with Gasteiger partial charge in [0.25, 0.3) is 0 Å². The van der Waals surface area contributed by atoms with Crippen molar-refractivity contribution in [1.82, 2.24) is 10.6 Å². The lowest BCUT2D eigenvalue weighted by atomic mass is 9.48. The van der Waals surface area contributed by atoms with Gasteiger partial charge in [0.2, 0.25) is 11.8 Å². The van der Waals surface area contributed by atoms with Crippen molar-refractivity contribution in [3.05, 3.63) is 65.8 Å². The number of ketones is 1. The second-order valence-electron chi connectivity index (χ2n) is 11.6. The van der Waals surface area contributed by atoms with Gasteiger partial charge in [0.15, 0.2) is 5.78 Å². The lowest BCUT2D eigenvalue weighted by Gasteiger charge is -2.56. The van der Waals surface area contributed by atoms with Gasteiger partial charge < -0.3 is 10.6 Å². The quantitative estimate of drug-likeness (QED) is 0.446. The van der Waals surface area contributed by atoms with E-state index in [1.807, 2.05) is 36.4 Å². The Kier molecular flexibility index (Phi) is 6.76. The smallest absolute Gasteiger partial charge is 0.244 e. The molecule has 5 nitrogen and oxygen atoms in total. The average molecular weight is 487 g/mol. The number of amides is 2. The lowest BCUT2D eigenvalue weighted by molar-refractivity contribution is -0.131. The molecule has 0 aromatic heterocycles. The third-order valence-corrected chi connectivity index (χ3v) is 9.82. The van der Waals surface area contributed by atoms with Crippen molar-refractivity contribution >= 4 is 23.7 Å². The summed E-state index contributed by atoms with van der Waals surface area (Å²) in [5.74, 6) is 1.86. The molecule has 4 aliphatic rings. The van der Waals surface area contributed by atoms with E-state index in [9.17, 15) is 14.4 Å². The average Bonchev–Trinajstić information content (AvgIpc) is 3.23. The summed E-state index contributed by atoms with van der Waals surface area (Å²) in [6.07, 6.45) is 15.5. The van der Waals surface area contributed by atoms with Crippen LogP contribution in [0, 0.1) is 34.5 Å². The van der Waals surface area contributed by atoms with Crippen LogP contribution in [-0.4, -0.2) is 30.7 Å². The first-order valence-electron chi connectivity index (χ1n) is 13.5. The second-order valence-corrected chi connectivity index (χ2v) is 11.6. The Hall–Kier alpha value is -2.95. The van der Waals surface area contributed by atoms with Crippen LogP contribution in [0.15, 0.2) is 60.2 Å². The van der Waals surface area contributed by atoms with E-state index >= 15 is 0 Å².